The van der Waals surface area contributed by atoms with Gasteiger partial charge in [-0.05, 0) is 44.6 Å². The predicted molar refractivity (Wildman–Crippen MR) is 116 cm³/mol. The minimum atomic E-state index is 0.590. The first-order chi connectivity index (χ1) is 14.1. The molecule has 1 aliphatic rings. The Morgan fingerprint density at radius 2 is 1.83 bits per heavy atom. The van der Waals surface area contributed by atoms with Crippen molar-refractivity contribution in [2.24, 2.45) is 12.0 Å². The molecule has 0 radical (unpaired) electrons. The highest BCUT2D eigenvalue weighted by Crippen LogP contribution is 2.11. The van der Waals surface area contributed by atoms with Gasteiger partial charge < -0.3 is 15.5 Å². The molecule has 0 aliphatic carbocycles. The topological polar surface area (TPSA) is 73.6 Å². The molecule has 0 atom stereocenters. The molecule has 0 amide bonds. The molecule has 1 aliphatic heterocycles. The molecule has 29 heavy (non-hydrogen) atoms. The molecular formula is C21H34N8. The smallest absolute Gasteiger partial charge is 0.191 e. The van der Waals surface area contributed by atoms with Crippen LogP contribution in [0.1, 0.15) is 30.3 Å². The zero-order valence-electron chi connectivity index (χ0n) is 17.9. The summed E-state index contributed by atoms with van der Waals surface area (Å²) in [5, 5.41) is 10.7. The van der Waals surface area contributed by atoms with Gasteiger partial charge in [0.25, 0.3) is 0 Å². The Kier molecular flexibility index (Phi) is 8.01. The van der Waals surface area contributed by atoms with Crippen molar-refractivity contribution in [3.63, 3.8) is 0 Å². The Morgan fingerprint density at radius 1 is 1.03 bits per heavy atom. The van der Waals surface area contributed by atoms with Gasteiger partial charge in [-0.3, -0.25) is 9.58 Å². The molecule has 0 saturated carbocycles. The highest BCUT2D eigenvalue weighted by molar-refractivity contribution is 5.79. The van der Waals surface area contributed by atoms with Crippen LogP contribution in [0.5, 0.6) is 0 Å². The van der Waals surface area contributed by atoms with Crippen molar-refractivity contribution in [1.82, 2.24) is 35.2 Å². The minimum absolute atomic E-state index is 0.590. The van der Waals surface area contributed by atoms with Crippen molar-refractivity contribution in [2.45, 2.75) is 33.0 Å². The van der Waals surface area contributed by atoms with E-state index in [4.69, 9.17) is 4.99 Å². The number of rotatable bonds is 7. The molecule has 1 aromatic heterocycles. The number of guanidine groups is 1. The number of hydrogen-bond donors (Lipinski definition) is 2. The normalized spacial score (nSPS) is 16.6. The van der Waals surface area contributed by atoms with E-state index in [2.05, 4.69) is 68.8 Å². The van der Waals surface area contributed by atoms with Crippen molar-refractivity contribution < 1.29 is 0 Å². The molecule has 8 heteroatoms. The Hall–Kier alpha value is -2.45. The van der Waals surface area contributed by atoms with Crippen molar-refractivity contribution in [3.05, 3.63) is 47.5 Å². The first kappa shape index (κ1) is 21.3. The van der Waals surface area contributed by atoms with Gasteiger partial charge in [-0.1, -0.05) is 24.3 Å². The fourth-order valence-corrected chi connectivity index (χ4v) is 3.42. The summed E-state index contributed by atoms with van der Waals surface area (Å²) in [5.74, 6) is 1.66. The van der Waals surface area contributed by atoms with Crippen LogP contribution in [0, 0.1) is 0 Å². The third kappa shape index (κ3) is 6.83. The van der Waals surface area contributed by atoms with Crippen LogP contribution in [0.15, 0.2) is 35.6 Å². The molecule has 2 N–H and O–H groups in total. The van der Waals surface area contributed by atoms with Gasteiger partial charge in [-0.25, -0.2) is 9.98 Å². The van der Waals surface area contributed by atoms with Crippen LogP contribution in [0.4, 0.5) is 0 Å². The van der Waals surface area contributed by atoms with Gasteiger partial charge in [0.15, 0.2) is 5.96 Å². The summed E-state index contributed by atoms with van der Waals surface area (Å²) in [6, 6.07) is 8.85. The number of aromatic nitrogens is 3. The van der Waals surface area contributed by atoms with Gasteiger partial charge in [0.1, 0.15) is 12.2 Å². The SMILES string of the molecule is CCNC(=NCc1ccc(CN2CCCN(C)CC2)cc1)NCc1ncnn1C. The predicted octanol–water partition coefficient (Wildman–Crippen LogP) is 1.21. The van der Waals surface area contributed by atoms with Crippen LogP contribution in [0.3, 0.4) is 0 Å². The first-order valence-electron chi connectivity index (χ1n) is 10.5. The lowest BCUT2D eigenvalue weighted by atomic mass is 10.1. The second-order valence-corrected chi connectivity index (χ2v) is 7.60. The number of aryl methyl sites for hydroxylation is 1. The number of nitrogens with zero attached hydrogens (tertiary/aromatic N) is 6. The van der Waals surface area contributed by atoms with Gasteiger partial charge in [-0.15, -0.1) is 0 Å². The molecule has 0 bridgehead atoms. The summed E-state index contributed by atoms with van der Waals surface area (Å²) >= 11 is 0. The van der Waals surface area contributed by atoms with E-state index in [1.807, 2.05) is 7.05 Å². The van der Waals surface area contributed by atoms with Gasteiger partial charge in [0.05, 0.1) is 13.1 Å². The van der Waals surface area contributed by atoms with Crippen LogP contribution in [-0.4, -0.2) is 70.3 Å². The first-order valence-corrected chi connectivity index (χ1v) is 10.5. The number of benzene rings is 1. The largest absolute Gasteiger partial charge is 0.357 e. The number of aliphatic imine (C=N–C) groups is 1. The van der Waals surface area contributed by atoms with Crippen molar-refractivity contribution >= 4 is 5.96 Å². The van der Waals surface area contributed by atoms with Crippen molar-refractivity contribution in [2.75, 3.05) is 39.8 Å². The summed E-state index contributed by atoms with van der Waals surface area (Å²) < 4.78 is 1.76. The number of likely N-dealkylation sites (N-methyl/N-ethyl adjacent to an activating group) is 1. The van der Waals surface area contributed by atoms with Crippen LogP contribution in [-0.2, 0) is 26.7 Å². The van der Waals surface area contributed by atoms with Crippen LogP contribution in [0.25, 0.3) is 0 Å². The molecule has 0 spiro atoms. The summed E-state index contributed by atoms with van der Waals surface area (Å²) in [6.45, 7) is 9.82. The maximum Gasteiger partial charge on any atom is 0.191 e. The minimum Gasteiger partial charge on any atom is -0.357 e. The average molecular weight is 399 g/mol. The third-order valence-corrected chi connectivity index (χ3v) is 5.22. The van der Waals surface area contributed by atoms with E-state index in [9.17, 15) is 0 Å². The molecule has 1 fully saturated rings. The summed E-state index contributed by atoms with van der Waals surface area (Å²) in [4.78, 5) is 13.9. The van der Waals surface area contributed by atoms with E-state index < -0.39 is 0 Å². The average Bonchev–Trinajstić information content (AvgIpc) is 3.02. The third-order valence-electron chi connectivity index (χ3n) is 5.22. The molecule has 158 valence electrons. The van der Waals surface area contributed by atoms with Crippen molar-refractivity contribution in [3.8, 4) is 0 Å². The van der Waals surface area contributed by atoms with Crippen LogP contribution >= 0.6 is 0 Å². The molecule has 2 heterocycles. The van der Waals surface area contributed by atoms with Crippen molar-refractivity contribution in [1.29, 1.82) is 0 Å². The lowest BCUT2D eigenvalue weighted by Crippen LogP contribution is -2.37. The highest BCUT2D eigenvalue weighted by Gasteiger charge is 2.12. The molecule has 8 nitrogen and oxygen atoms in total. The summed E-state index contributed by atoms with van der Waals surface area (Å²) in [7, 11) is 4.10. The Balaban J connectivity index is 1.52. The second-order valence-electron chi connectivity index (χ2n) is 7.60. The zero-order valence-corrected chi connectivity index (χ0v) is 17.9. The Labute approximate surface area is 174 Å². The molecular weight excluding hydrogens is 364 g/mol. The van der Waals surface area contributed by atoms with E-state index >= 15 is 0 Å². The second kappa shape index (κ2) is 10.9. The highest BCUT2D eigenvalue weighted by atomic mass is 15.3. The lowest BCUT2D eigenvalue weighted by molar-refractivity contribution is 0.269. The standard InChI is InChI=1S/C21H34N8/c1-4-22-21(24-15-20-25-17-26-28(20)3)23-14-18-6-8-19(9-7-18)16-29-11-5-10-27(2)12-13-29/h6-9,17H,4-5,10-16H2,1-3H3,(H2,22,23,24). The van der Waals surface area contributed by atoms with E-state index in [0.717, 1.165) is 38.0 Å². The van der Waals surface area contributed by atoms with E-state index in [0.29, 0.717) is 13.1 Å². The molecule has 1 aromatic carbocycles. The Bertz CT molecular complexity index is 767. The van der Waals surface area contributed by atoms with Gasteiger partial charge in [-0.2, -0.15) is 5.10 Å². The number of hydrogen-bond acceptors (Lipinski definition) is 5. The van der Waals surface area contributed by atoms with E-state index in [1.165, 1.54) is 30.6 Å². The monoisotopic (exact) mass is 398 g/mol. The molecule has 3 rings (SSSR count). The molecule has 1 saturated heterocycles. The Morgan fingerprint density at radius 3 is 2.55 bits per heavy atom. The fourth-order valence-electron chi connectivity index (χ4n) is 3.42. The van der Waals surface area contributed by atoms with Crippen LogP contribution < -0.4 is 10.6 Å². The van der Waals surface area contributed by atoms with E-state index in [1.54, 1.807) is 11.0 Å². The van der Waals surface area contributed by atoms with Gasteiger partial charge in [0, 0.05) is 33.2 Å². The lowest BCUT2D eigenvalue weighted by Gasteiger charge is -2.20. The molecule has 2 aromatic rings. The summed E-state index contributed by atoms with van der Waals surface area (Å²) in [6.07, 6.45) is 2.81. The fraction of sp³-hybridized carbons (Fsp3) is 0.571. The van der Waals surface area contributed by atoms with Gasteiger partial charge in [0.2, 0.25) is 0 Å². The molecule has 0 unspecified atom stereocenters. The quantitative estimate of drug-likeness (QED) is 0.540. The van der Waals surface area contributed by atoms with E-state index in [-0.39, 0.29) is 0 Å². The number of nitrogens with one attached hydrogen (secondary N) is 2. The maximum absolute atomic E-state index is 4.70. The maximum atomic E-state index is 4.70. The summed E-state index contributed by atoms with van der Waals surface area (Å²) in [5.41, 5.74) is 2.58. The van der Waals surface area contributed by atoms with Crippen LogP contribution in [0.2, 0.25) is 0 Å². The zero-order chi connectivity index (χ0) is 20.5. The van der Waals surface area contributed by atoms with Gasteiger partial charge >= 0.3 is 0 Å².